The van der Waals surface area contributed by atoms with Crippen molar-refractivity contribution in [3.8, 4) is 0 Å². The number of carboxylic acids is 1. The minimum atomic E-state index is -1.39. The van der Waals surface area contributed by atoms with Crippen LogP contribution in [0.2, 0.25) is 0 Å². The van der Waals surface area contributed by atoms with Crippen molar-refractivity contribution in [1.82, 2.24) is 20.3 Å². The van der Waals surface area contributed by atoms with Crippen LogP contribution in [-0.2, 0) is 27.5 Å². The zero-order valence-corrected chi connectivity index (χ0v) is 16.3. The fourth-order valence-corrected chi connectivity index (χ4v) is 3.18. The first-order chi connectivity index (χ1) is 14.7. The third kappa shape index (κ3) is 5.26. The first kappa shape index (κ1) is 21.6. The van der Waals surface area contributed by atoms with Gasteiger partial charge in [-0.2, -0.15) is 4.98 Å². The summed E-state index contributed by atoms with van der Waals surface area (Å²) in [6, 6.07) is 5.22. The first-order valence-corrected chi connectivity index (χ1v) is 9.43. The van der Waals surface area contributed by atoms with Crippen LogP contribution < -0.4 is 16.6 Å². The average molecular weight is 426 g/mol. The second-order valence-corrected chi connectivity index (χ2v) is 6.96. The third-order valence-electron chi connectivity index (χ3n) is 4.78. The number of rotatable bonds is 9. The van der Waals surface area contributed by atoms with Crippen molar-refractivity contribution >= 4 is 34.8 Å². The lowest BCUT2D eigenvalue weighted by atomic mass is 10.0. The van der Waals surface area contributed by atoms with E-state index in [4.69, 9.17) is 10.8 Å². The van der Waals surface area contributed by atoms with Crippen molar-refractivity contribution in [2.45, 2.75) is 31.7 Å². The highest BCUT2D eigenvalue weighted by Gasteiger charge is 2.22. The molecule has 2 heterocycles. The highest BCUT2D eigenvalue weighted by molar-refractivity contribution is 5.96. The van der Waals surface area contributed by atoms with E-state index in [2.05, 4.69) is 20.3 Å². The number of benzene rings is 1. The number of H-pyrrole nitrogens is 2. The number of amides is 1. The number of aromatic nitrogens is 3. The van der Waals surface area contributed by atoms with E-state index in [1.54, 1.807) is 30.5 Å². The molecular weight excluding hydrogens is 406 g/mol. The highest BCUT2D eigenvalue weighted by atomic mass is 16.4. The number of carboxylic acid groups (broad SMARTS) is 1. The van der Waals surface area contributed by atoms with Gasteiger partial charge in [-0.3, -0.25) is 14.6 Å². The Morgan fingerprint density at radius 3 is 2.52 bits per heavy atom. The Balaban J connectivity index is 1.64. The van der Waals surface area contributed by atoms with Crippen LogP contribution in [0.5, 0.6) is 0 Å². The zero-order valence-electron chi connectivity index (χ0n) is 16.3. The van der Waals surface area contributed by atoms with Crippen molar-refractivity contribution in [1.29, 1.82) is 0 Å². The van der Waals surface area contributed by atoms with Gasteiger partial charge in [0.2, 0.25) is 5.95 Å². The summed E-state index contributed by atoms with van der Waals surface area (Å²) >= 11 is 0. The molecule has 0 saturated carbocycles. The SMILES string of the molecule is Nc1nc2[nH]cc(CCc3ccc(C(=O)N[C@@H](CCC([O])=O)C(=O)O)cc3)c2c(=O)[nH]1. The Morgan fingerprint density at radius 2 is 1.87 bits per heavy atom. The van der Waals surface area contributed by atoms with Gasteiger partial charge in [-0.15, -0.1) is 0 Å². The molecule has 0 spiro atoms. The molecule has 0 fully saturated rings. The van der Waals surface area contributed by atoms with Crippen molar-refractivity contribution in [3.05, 3.63) is 57.5 Å². The lowest BCUT2D eigenvalue weighted by Crippen LogP contribution is -2.41. The predicted octanol–water partition coefficient (Wildman–Crippen LogP) is 0.539. The fourth-order valence-electron chi connectivity index (χ4n) is 3.18. The van der Waals surface area contributed by atoms with E-state index in [1.807, 2.05) is 0 Å². The molecule has 3 rings (SSSR count). The molecule has 1 radical (unpaired) electrons. The van der Waals surface area contributed by atoms with Gasteiger partial charge >= 0.3 is 11.9 Å². The number of aryl methyl sites for hydroxylation is 2. The second-order valence-electron chi connectivity index (χ2n) is 6.96. The summed E-state index contributed by atoms with van der Waals surface area (Å²) < 4.78 is 0. The number of nitrogens with two attached hydrogens (primary N) is 1. The van der Waals surface area contributed by atoms with Gasteiger partial charge in [0.05, 0.1) is 11.8 Å². The third-order valence-corrected chi connectivity index (χ3v) is 4.78. The summed E-state index contributed by atoms with van der Waals surface area (Å²) in [5, 5.41) is 22.4. The predicted molar refractivity (Wildman–Crippen MR) is 109 cm³/mol. The van der Waals surface area contributed by atoms with Crippen LogP contribution >= 0.6 is 0 Å². The molecule has 6 N–H and O–H groups in total. The van der Waals surface area contributed by atoms with Crippen LogP contribution in [0.25, 0.3) is 11.0 Å². The molecule has 0 aliphatic rings. The average Bonchev–Trinajstić information content (AvgIpc) is 3.12. The molecule has 161 valence electrons. The van der Waals surface area contributed by atoms with E-state index in [0.717, 1.165) is 11.1 Å². The molecule has 0 saturated heterocycles. The molecule has 3 aromatic rings. The van der Waals surface area contributed by atoms with Crippen LogP contribution in [0, 0.1) is 0 Å². The van der Waals surface area contributed by atoms with Crippen molar-refractivity contribution in [3.63, 3.8) is 0 Å². The summed E-state index contributed by atoms with van der Waals surface area (Å²) in [6.07, 6.45) is 2.08. The topological polar surface area (TPSA) is 191 Å². The number of nitrogens with zero attached hydrogens (tertiary/aromatic N) is 1. The number of hydrogen-bond donors (Lipinski definition) is 5. The minimum absolute atomic E-state index is 0.0320. The number of nitrogen functional groups attached to an aromatic ring is 1. The van der Waals surface area contributed by atoms with Crippen molar-refractivity contribution in [2.75, 3.05) is 5.73 Å². The number of aliphatic carboxylic acids is 1. The zero-order chi connectivity index (χ0) is 22.5. The summed E-state index contributed by atoms with van der Waals surface area (Å²) in [6.45, 7) is 0. The Hall–Kier alpha value is -4.15. The van der Waals surface area contributed by atoms with Gasteiger partial charge in [0, 0.05) is 11.8 Å². The number of anilines is 1. The van der Waals surface area contributed by atoms with Crippen LogP contribution in [0.15, 0.2) is 35.3 Å². The van der Waals surface area contributed by atoms with Crippen molar-refractivity contribution < 1.29 is 24.6 Å². The summed E-state index contributed by atoms with van der Waals surface area (Å²) in [4.78, 5) is 55.5. The molecule has 1 atom stereocenters. The monoisotopic (exact) mass is 426 g/mol. The summed E-state index contributed by atoms with van der Waals surface area (Å²) in [5.41, 5.74) is 7.55. The maximum absolute atomic E-state index is 12.3. The first-order valence-electron chi connectivity index (χ1n) is 9.43. The minimum Gasteiger partial charge on any atom is -0.480 e. The van der Waals surface area contributed by atoms with E-state index >= 15 is 0 Å². The summed E-state index contributed by atoms with van der Waals surface area (Å²) in [5.74, 6) is -3.30. The Bertz CT molecular complexity index is 1180. The molecule has 1 amide bonds. The van der Waals surface area contributed by atoms with E-state index in [9.17, 15) is 24.3 Å². The Kier molecular flexibility index (Phi) is 6.34. The normalized spacial score (nSPS) is 11.9. The number of hydrogen-bond acceptors (Lipinski definition) is 6. The van der Waals surface area contributed by atoms with Gasteiger partial charge in [-0.1, -0.05) is 12.1 Å². The standard InChI is InChI=1S/C20H20N5O6/c21-20-24-16-15(18(29)25-20)12(9-22-16)6-3-10-1-4-11(5-2-10)17(28)23-13(19(30)31)7-8-14(26)27/h1-2,4-5,9,13H,3,6-8H2,(H,23,28)(H,30,31)(H4,21,22,24,25,29)/t13-/m0/s1. The highest BCUT2D eigenvalue weighted by Crippen LogP contribution is 2.16. The lowest BCUT2D eigenvalue weighted by molar-refractivity contribution is -0.144. The molecular formula is C20H20N5O6. The van der Waals surface area contributed by atoms with Crippen LogP contribution in [0.1, 0.15) is 34.3 Å². The van der Waals surface area contributed by atoms with E-state index in [-0.39, 0.29) is 23.5 Å². The lowest BCUT2D eigenvalue weighted by Gasteiger charge is -2.13. The number of carbonyl (C=O) groups is 3. The maximum atomic E-state index is 12.3. The molecule has 11 heteroatoms. The van der Waals surface area contributed by atoms with Crippen LogP contribution in [0.4, 0.5) is 5.95 Å². The number of nitrogens with one attached hydrogen (secondary N) is 3. The Labute approximate surface area is 175 Å². The van der Waals surface area contributed by atoms with Crippen LogP contribution in [0.3, 0.4) is 0 Å². The smallest absolute Gasteiger partial charge is 0.355 e. The van der Waals surface area contributed by atoms with E-state index < -0.39 is 30.3 Å². The number of fused-ring (bicyclic) bond motifs is 1. The van der Waals surface area contributed by atoms with Gasteiger partial charge in [-0.25, -0.2) is 14.7 Å². The maximum Gasteiger partial charge on any atom is 0.355 e. The van der Waals surface area contributed by atoms with Gasteiger partial charge in [-0.05, 0) is 42.5 Å². The molecule has 11 nitrogen and oxygen atoms in total. The van der Waals surface area contributed by atoms with E-state index in [1.165, 1.54) is 0 Å². The molecule has 0 aliphatic heterocycles. The Morgan fingerprint density at radius 1 is 1.16 bits per heavy atom. The quantitative estimate of drug-likeness (QED) is 0.329. The van der Waals surface area contributed by atoms with Gasteiger partial charge < -0.3 is 21.1 Å². The molecule has 1 aromatic carbocycles. The number of carbonyl (C=O) groups excluding carboxylic acids is 2. The molecule has 0 aliphatic carbocycles. The van der Waals surface area contributed by atoms with Gasteiger partial charge in [0.1, 0.15) is 11.7 Å². The summed E-state index contributed by atoms with van der Waals surface area (Å²) in [7, 11) is 0. The fraction of sp³-hybridized carbons (Fsp3) is 0.250. The second kappa shape index (κ2) is 9.11. The van der Waals surface area contributed by atoms with Gasteiger partial charge in [0.25, 0.3) is 11.5 Å². The number of aromatic amines is 2. The largest absolute Gasteiger partial charge is 0.480 e. The molecule has 0 bridgehead atoms. The van der Waals surface area contributed by atoms with E-state index in [0.29, 0.717) is 23.9 Å². The van der Waals surface area contributed by atoms with Crippen LogP contribution in [-0.4, -0.2) is 43.9 Å². The van der Waals surface area contributed by atoms with Gasteiger partial charge in [0.15, 0.2) is 0 Å². The molecule has 0 unspecified atom stereocenters. The molecule has 2 aromatic heterocycles. The van der Waals surface area contributed by atoms with Crippen molar-refractivity contribution in [2.24, 2.45) is 0 Å². The molecule has 31 heavy (non-hydrogen) atoms.